The number of hydrogen-bond acceptors (Lipinski definition) is 3. The highest BCUT2D eigenvalue weighted by Gasteiger charge is 2.57. The van der Waals surface area contributed by atoms with Gasteiger partial charge in [-0.2, -0.15) is 4.21 Å². The van der Waals surface area contributed by atoms with Gasteiger partial charge in [0.05, 0.1) is 0 Å². The van der Waals surface area contributed by atoms with E-state index in [1.54, 1.807) is 0 Å². The Labute approximate surface area is 75.3 Å². The van der Waals surface area contributed by atoms with Crippen molar-refractivity contribution in [3.05, 3.63) is 0 Å². The molecule has 1 saturated carbocycles. The first-order valence-electron chi connectivity index (χ1n) is 4.37. The van der Waals surface area contributed by atoms with Crippen LogP contribution >= 0.6 is 0 Å². The molecule has 3 nitrogen and oxygen atoms in total. The van der Waals surface area contributed by atoms with Crippen molar-refractivity contribution in [3.63, 3.8) is 0 Å². The zero-order chi connectivity index (χ0) is 8.82. The molecule has 1 atom stereocenters. The Balaban J connectivity index is 2.29. The molecule has 1 heterocycles. The largest absolute Gasteiger partial charge is 0.305 e. The van der Waals surface area contributed by atoms with E-state index in [4.69, 9.17) is 8.37 Å². The van der Waals surface area contributed by atoms with E-state index in [1.165, 1.54) is 0 Å². The van der Waals surface area contributed by atoms with Crippen molar-refractivity contribution in [2.45, 2.75) is 50.7 Å². The lowest BCUT2D eigenvalue weighted by molar-refractivity contribution is -0.0182. The minimum absolute atomic E-state index is 0.266. The number of hydrogen-bond donors (Lipinski definition) is 0. The third-order valence-corrected chi connectivity index (χ3v) is 4.02. The topological polar surface area (TPSA) is 35.5 Å². The second kappa shape index (κ2) is 2.53. The number of rotatable bonds is 0. The molecule has 2 fully saturated rings. The summed E-state index contributed by atoms with van der Waals surface area (Å²) in [5, 5.41) is 0. The Morgan fingerprint density at radius 3 is 2.17 bits per heavy atom. The van der Waals surface area contributed by atoms with Crippen LogP contribution in [0.25, 0.3) is 0 Å². The Bertz CT molecular complexity index is 218. The molecule has 0 N–H and O–H groups in total. The molecular weight excluding hydrogens is 176 g/mol. The first-order valence-corrected chi connectivity index (χ1v) is 5.37. The van der Waals surface area contributed by atoms with Crippen molar-refractivity contribution in [2.24, 2.45) is 0 Å². The lowest BCUT2D eigenvalue weighted by atomic mass is 9.85. The van der Waals surface area contributed by atoms with E-state index in [9.17, 15) is 4.21 Å². The van der Waals surface area contributed by atoms with Crippen LogP contribution in [0, 0.1) is 0 Å². The minimum Gasteiger partial charge on any atom is -0.259 e. The van der Waals surface area contributed by atoms with Gasteiger partial charge in [0.1, 0.15) is 11.2 Å². The summed E-state index contributed by atoms with van der Waals surface area (Å²) in [7, 11) is 0. The predicted molar refractivity (Wildman–Crippen MR) is 45.6 cm³/mol. The van der Waals surface area contributed by atoms with E-state index < -0.39 is 11.4 Å². The molecule has 2 aliphatic rings. The molecule has 0 amide bonds. The first kappa shape index (κ1) is 8.66. The SMILES string of the molecule is CC1(C)OS(=O)OC12CCCC2. The summed E-state index contributed by atoms with van der Waals surface area (Å²) >= 11 is -1.52. The van der Waals surface area contributed by atoms with Gasteiger partial charge in [-0.1, -0.05) is 12.8 Å². The molecular formula is C8H14O3S. The standard InChI is InChI=1S/C8H14O3S/c1-7(2)8(5-3-4-6-8)11-12(9)10-7/h3-6H2,1-2H3. The van der Waals surface area contributed by atoms with Crippen molar-refractivity contribution in [3.8, 4) is 0 Å². The van der Waals surface area contributed by atoms with Crippen molar-refractivity contribution in [2.75, 3.05) is 0 Å². The van der Waals surface area contributed by atoms with Crippen LogP contribution in [-0.2, 0) is 19.7 Å². The molecule has 1 aliphatic carbocycles. The van der Waals surface area contributed by atoms with E-state index in [1.807, 2.05) is 13.8 Å². The molecule has 1 saturated heterocycles. The van der Waals surface area contributed by atoms with Gasteiger partial charge in [0.15, 0.2) is 0 Å². The molecule has 70 valence electrons. The maximum Gasteiger partial charge on any atom is 0.305 e. The molecule has 0 aromatic rings. The highest BCUT2D eigenvalue weighted by Crippen LogP contribution is 2.48. The van der Waals surface area contributed by atoms with Gasteiger partial charge >= 0.3 is 11.4 Å². The lowest BCUT2D eigenvalue weighted by Crippen LogP contribution is -2.44. The Morgan fingerprint density at radius 1 is 1.17 bits per heavy atom. The summed E-state index contributed by atoms with van der Waals surface area (Å²) in [4.78, 5) is 0. The minimum atomic E-state index is -1.52. The van der Waals surface area contributed by atoms with E-state index >= 15 is 0 Å². The van der Waals surface area contributed by atoms with Gasteiger partial charge in [-0.15, -0.1) is 0 Å². The highest BCUT2D eigenvalue weighted by atomic mass is 32.2. The molecule has 1 spiro atoms. The van der Waals surface area contributed by atoms with Crippen molar-refractivity contribution < 1.29 is 12.6 Å². The van der Waals surface area contributed by atoms with Crippen LogP contribution < -0.4 is 0 Å². The first-order chi connectivity index (χ1) is 5.56. The van der Waals surface area contributed by atoms with E-state index in [0.717, 1.165) is 25.7 Å². The van der Waals surface area contributed by atoms with Gasteiger partial charge in [-0.25, -0.2) is 0 Å². The summed E-state index contributed by atoms with van der Waals surface area (Å²) in [5.41, 5.74) is -0.647. The van der Waals surface area contributed by atoms with Crippen LogP contribution in [-0.4, -0.2) is 15.4 Å². The van der Waals surface area contributed by atoms with Crippen molar-refractivity contribution in [1.29, 1.82) is 0 Å². The van der Waals surface area contributed by atoms with Crippen LogP contribution in [0.5, 0.6) is 0 Å². The van der Waals surface area contributed by atoms with E-state index in [2.05, 4.69) is 0 Å². The third-order valence-electron chi connectivity index (χ3n) is 3.01. The third kappa shape index (κ3) is 1.05. The van der Waals surface area contributed by atoms with Gasteiger partial charge in [0, 0.05) is 0 Å². The second-order valence-electron chi connectivity index (χ2n) is 4.08. The van der Waals surface area contributed by atoms with Crippen LogP contribution in [0.2, 0.25) is 0 Å². The smallest absolute Gasteiger partial charge is 0.259 e. The summed E-state index contributed by atoms with van der Waals surface area (Å²) in [6.07, 6.45) is 4.27. The van der Waals surface area contributed by atoms with Gasteiger partial charge in [-0.3, -0.25) is 8.37 Å². The summed E-state index contributed by atoms with van der Waals surface area (Å²) in [5.74, 6) is 0. The van der Waals surface area contributed by atoms with Gasteiger partial charge in [-0.05, 0) is 26.7 Å². The highest BCUT2D eigenvalue weighted by molar-refractivity contribution is 7.75. The van der Waals surface area contributed by atoms with Crippen LogP contribution in [0.3, 0.4) is 0 Å². The van der Waals surface area contributed by atoms with Gasteiger partial charge in [0.25, 0.3) is 0 Å². The Morgan fingerprint density at radius 2 is 1.75 bits per heavy atom. The molecule has 0 bridgehead atoms. The summed E-state index contributed by atoms with van der Waals surface area (Å²) in [6, 6.07) is 0. The Hall–Kier alpha value is 0.0700. The van der Waals surface area contributed by atoms with E-state index in [0.29, 0.717) is 0 Å². The zero-order valence-corrected chi connectivity index (χ0v) is 8.28. The molecule has 0 radical (unpaired) electrons. The molecule has 2 rings (SSSR count). The normalized spacial score (nSPS) is 37.7. The molecule has 4 heteroatoms. The van der Waals surface area contributed by atoms with Crippen LogP contribution in [0.1, 0.15) is 39.5 Å². The lowest BCUT2D eigenvalue weighted by Gasteiger charge is -2.31. The second-order valence-corrected chi connectivity index (χ2v) is 4.82. The van der Waals surface area contributed by atoms with Crippen molar-refractivity contribution in [1.82, 2.24) is 0 Å². The van der Waals surface area contributed by atoms with E-state index in [-0.39, 0.29) is 11.2 Å². The monoisotopic (exact) mass is 190 g/mol. The summed E-state index contributed by atoms with van der Waals surface area (Å²) in [6.45, 7) is 3.92. The van der Waals surface area contributed by atoms with Crippen molar-refractivity contribution >= 4 is 11.4 Å². The molecule has 12 heavy (non-hydrogen) atoms. The fourth-order valence-electron chi connectivity index (χ4n) is 2.13. The fourth-order valence-corrected chi connectivity index (χ4v) is 3.28. The predicted octanol–water partition coefficient (Wildman–Crippen LogP) is 1.70. The quantitative estimate of drug-likeness (QED) is 0.583. The van der Waals surface area contributed by atoms with Crippen LogP contribution in [0.15, 0.2) is 0 Å². The summed E-state index contributed by atoms with van der Waals surface area (Å²) < 4.78 is 21.7. The Kier molecular flexibility index (Phi) is 1.82. The maximum atomic E-state index is 11.1. The molecule has 1 aliphatic heterocycles. The molecule has 1 unspecified atom stereocenters. The molecule has 0 aromatic carbocycles. The zero-order valence-electron chi connectivity index (χ0n) is 7.46. The average Bonchev–Trinajstić information content (AvgIpc) is 2.42. The maximum absolute atomic E-state index is 11.1. The fraction of sp³-hybridized carbons (Fsp3) is 1.00. The molecule has 0 aromatic heterocycles. The van der Waals surface area contributed by atoms with Gasteiger partial charge < -0.3 is 0 Å². The average molecular weight is 190 g/mol. The van der Waals surface area contributed by atoms with Gasteiger partial charge in [0.2, 0.25) is 0 Å². The van der Waals surface area contributed by atoms with Crippen LogP contribution in [0.4, 0.5) is 0 Å².